The first-order valence-corrected chi connectivity index (χ1v) is 14.4. The quantitative estimate of drug-likeness (QED) is 0.169. The van der Waals surface area contributed by atoms with Crippen molar-refractivity contribution in [1.82, 2.24) is 4.57 Å². The third-order valence-electron chi connectivity index (χ3n) is 7.54. The molecule has 0 saturated carbocycles. The summed E-state index contributed by atoms with van der Waals surface area (Å²) in [5.41, 5.74) is 1.42. The SMILES string of the molecule is Cc1ccc2c(=O)n([C@@H]3O[C@H](COC(=O)c4ccccc4)[C@H](OC(=O)c4ccccc4)[C@H]3OC(=O)c3ccccc3)ccc2c1. The van der Waals surface area contributed by atoms with E-state index >= 15 is 0 Å². The fourth-order valence-corrected chi connectivity index (χ4v) is 5.26. The number of aromatic nitrogens is 1. The standard InChI is InChI=1S/C36H29NO8/c1-23-17-18-28-27(21-23)19-20-37(32(28)38)33-31(45-36(41)26-15-9-4-10-16-26)30(44-35(40)25-13-7-3-8-14-25)29(43-33)22-42-34(39)24-11-5-2-6-12-24/h2-21,29-31,33H,22H2,1H3/t29-,30+,31-,33-/m1/s1. The minimum atomic E-state index is -1.29. The number of benzene rings is 4. The predicted molar refractivity (Wildman–Crippen MR) is 165 cm³/mol. The molecule has 4 aromatic carbocycles. The summed E-state index contributed by atoms with van der Waals surface area (Å²) >= 11 is 0. The van der Waals surface area contributed by atoms with Crippen molar-refractivity contribution >= 4 is 28.7 Å². The van der Waals surface area contributed by atoms with Crippen molar-refractivity contribution < 1.29 is 33.3 Å². The van der Waals surface area contributed by atoms with Gasteiger partial charge in [0.1, 0.15) is 12.7 Å². The minimum absolute atomic E-state index is 0.254. The Hall–Kier alpha value is -5.54. The monoisotopic (exact) mass is 603 g/mol. The molecule has 1 aromatic heterocycles. The van der Waals surface area contributed by atoms with E-state index in [2.05, 4.69) is 0 Å². The number of hydrogen-bond donors (Lipinski definition) is 0. The lowest BCUT2D eigenvalue weighted by Crippen LogP contribution is -2.42. The van der Waals surface area contributed by atoms with Gasteiger partial charge in [0.2, 0.25) is 0 Å². The molecule has 4 atom stereocenters. The van der Waals surface area contributed by atoms with Crippen molar-refractivity contribution in [2.75, 3.05) is 6.61 Å². The summed E-state index contributed by atoms with van der Waals surface area (Å²) in [6, 6.07) is 32.2. The fraction of sp³-hybridized carbons (Fsp3) is 0.167. The number of fused-ring (bicyclic) bond motifs is 1. The van der Waals surface area contributed by atoms with Gasteiger partial charge in [0.05, 0.1) is 16.7 Å². The van der Waals surface area contributed by atoms with Crippen LogP contribution in [-0.4, -0.2) is 47.4 Å². The molecular weight excluding hydrogens is 574 g/mol. The lowest BCUT2D eigenvalue weighted by Gasteiger charge is -2.25. The fourth-order valence-electron chi connectivity index (χ4n) is 5.26. The Balaban J connectivity index is 1.39. The van der Waals surface area contributed by atoms with Crippen LogP contribution in [0.1, 0.15) is 42.9 Å². The number of hydrogen-bond acceptors (Lipinski definition) is 8. The second-order valence-corrected chi connectivity index (χ2v) is 10.6. The lowest BCUT2D eigenvalue weighted by molar-refractivity contribution is -0.0632. The molecule has 1 saturated heterocycles. The van der Waals surface area contributed by atoms with Crippen LogP contribution in [0, 0.1) is 6.92 Å². The maximum atomic E-state index is 13.8. The van der Waals surface area contributed by atoms with Crippen LogP contribution in [0.2, 0.25) is 0 Å². The molecule has 0 spiro atoms. The molecule has 9 nitrogen and oxygen atoms in total. The van der Waals surface area contributed by atoms with Crippen LogP contribution in [0.15, 0.2) is 126 Å². The van der Waals surface area contributed by atoms with Gasteiger partial charge in [-0.15, -0.1) is 0 Å². The van der Waals surface area contributed by atoms with Crippen molar-refractivity contribution in [3.8, 4) is 0 Å². The van der Waals surface area contributed by atoms with E-state index in [9.17, 15) is 19.2 Å². The first kappa shape index (κ1) is 29.5. The number of carbonyl (C=O) groups excluding carboxylic acids is 3. The topological polar surface area (TPSA) is 110 Å². The van der Waals surface area contributed by atoms with E-state index in [1.165, 1.54) is 4.57 Å². The zero-order valence-electron chi connectivity index (χ0n) is 24.3. The van der Waals surface area contributed by atoms with E-state index in [1.54, 1.807) is 109 Å². The average Bonchev–Trinajstić information content (AvgIpc) is 3.40. The van der Waals surface area contributed by atoms with Crippen molar-refractivity contribution in [1.29, 1.82) is 0 Å². The molecule has 9 heteroatoms. The molecule has 0 amide bonds. The van der Waals surface area contributed by atoms with Crippen LogP contribution in [-0.2, 0) is 18.9 Å². The Kier molecular flexibility index (Phi) is 8.52. The number of esters is 3. The summed E-state index contributed by atoms with van der Waals surface area (Å²) < 4.78 is 25.1. The second-order valence-electron chi connectivity index (χ2n) is 10.6. The maximum Gasteiger partial charge on any atom is 0.338 e. The van der Waals surface area contributed by atoms with Crippen LogP contribution in [0.4, 0.5) is 0 Å². The van der Waals surface area contributed by atoms with Gasteiger partial charge in [-0.25, -0.2) is 14.4 Å². The Morgan fingerprint density at radius 1 is 0.689 bits per heavy atom. The van der Waals surface area contributed by atoms with E-state index < -0.39 is 48.0 Å². The first-order chi connectivity index (χ1) is 21.9. The lowest BCUT2D eigenvalue weighted by atomic mass is 10.1. The molecule has 5 aromatic rings. The highest BCUT2D eigenvalue weighted by Gasteiger charge is 2.51. The average molecular weight is 604 g/mol. The molecule has 0 radical (unpaired) electrons. The summed E-state index contributed by atoms with van der Waals surface area (Å²) in [5.74, 6) is -2.03. The number of aryl methyl sites for hydroxylation is 1. The highest BCUT2D eigenvalue weighted by molar-refractivity contribution is 5.91. The predicted octanol–water partition coefficient (Wildman–Crippen LogP) is 5.52. The summed E-state index contributed by atoms with van der Waals surface area (Å²) in [4.78, 5) is 53.3. The summed E-state index contributed by atoms with van der Waals surface area (Å²) in [5, 5.41) is 1.16. The van der Waals surface area contributed by atoms with Crippen molar-refractivity contribution in [3.05, 3.63) is 154 Å². The van der Waals surface area contributed by atoms with E-state index in [1.807, 2.05) is 19.1 Å². The number of pyridine rings is 1. The highest BCUT2D eigenvalue weighted by atomic mass is 16.7. The van der Waals surface area contributed by atoms with E-state index in [-0.39, 0.29) is 17.7 Å². The Morgan fingerprint density at radius 3 is 1.80 bits per heavy atom. The summed E-state index contributed by atoms with van der Waals surface area (Å²) in [7, 11) is 0. The van der Waals surface area contributed by atoms with Gasteiger partial charge in [0.15, 0.2) is 18.4 Å². The number of nitrogens with zero attached hydrogens (tertiary/aromatic N) is 1. The molecule has 2 heterocycles. The first-order valence-electron chi connectivity index (χ1n) is 14.4. The van der Waals surface area contributed by atoms with Crippen LogP contribution in [0.5, 0.6) is 0 Å². The van der Waals surface area contributed by atoms with Crippen molar-refractivity contribution in [2.24, 2.45) is 0 Å². The summed E-state index contributed by atoms with van der Waals surface area (Å²) in [6.45, 7) is 1.58. The number of rotatable bonds is 8. The maximum absolute atomic E-state index is 13.8. The molecule has 1 aliphatic heterocycles. The highest BCUT2D eigenvalue weighted by Crippen LogP contribution is 2.35. The molecule has 0 unspecified atom stereocenters. The smallest absolute Gasteiger partial charge is 0.338 e. The van der Waals surface area contributed by atoms with Gasteiger partial charge >= 0.3 is 17.9 Å². The molecule has 1 fully saturated rings. The van der Waals surface area contributed by atoms with E-state index in [0.29, 0.717) is 10.9 Å². The zero-order valence-corrected chi connectivity index (χ0v) is 24.3. The molecule has 6 rings (SSSR count). The molecule has 0 bridgehead atoms. The third-order valence-corrected chi connectivity index (χ3v) is 7.54. The number of carbonyl (C=O) groups is 3. The number of ether oxygens (including phenoxy) is 4. The second kappa shape index (κ2) is 13.0. The van der Waals surface area contributed by atoms with Gasteiger partial charge < -0.3 is 18.9 Å². The van der Waals surface area contributed by atoms with Gasteiger partial charge in [-0.1, -0.05) is 72.3 Å². The van der Waals surface area contributed by atoms with Crippen LogP contribution < -0.4 is 5.56 Å². The largest absolute Gasteiger partial charge is 0.459 e. The van der Waals surface area contributed by atoms with Crippen LogP contribution in [0.25, 0.3) is 10.8 Å². The minimum Gasteiger partial charge on any atom is -0.459 e. The molecule has 0 aliphatic carbocycles. The summed E-state index contributed by atoms with van der Waals surface area (Å²) in [6.07, 6.45) is -3.30. The van der Waals surface area contributed by atoms with Gasteiger partial charge in [-0.2, -0.15) is 0 Å². The molecule has 45 heavy (non-hydrogen) atoms. The normalized spacial score (nSPS) is 19.1. The van der Waals surface area contributed by atoms with Crippen LogP contribution in [0.3, 0.4) is 0 Å². The van der Waals surface area contributed by atoms with Crippen molar-refractivity contribution in [3.63, 3.8) is 0 Å². The van der Waals surface area contributed by atoms with Gasteiger partial charge in [-0.05, 0) is 60.8 Å². The Bertz CT molecular complexity index is 1890. The van der Waals surface area contributed by atoms with Gasteiger partial charge in [0, 0.05) is 11.6 Å². The third kappa shape index (κ3) is 6.39. The molecule has 226 valence electrons. The van der Waals surface area contributed by atoms with Crippen molar-refractivity contribution in [2.45, 2.75) is 31.5 Å². The Labute approximate surface area is 258 Å². The van der Waals surface area contributed by atoms with Gasteiger partial charge in [-0.3, -0.25) is 9.36 Å². The van der Waals surface area contributed by atoms with Crippen LogP contribution >= 0.6 is 0 Å². The molecule has 0 N–H and O–H groups in total. The van der Waals surface area contributed by atoms with E-state index in [4.69, 9.17) is 18.9 Å². The van der Waals surface area contributed by atoms with Gasteiger partial charge in [0.25, 0.3) is 5.56 Å². The Morgan fingerprint density at radius 2 is 1.22 bits per heavy atom. The molecule has 1 aliphatic rings. The zero-order chi connectivity index (χ0) is 31.3. The van der Waals surface area contributed by atoms with E-state index in [0.717, 1.165) is 10.9 Å². The molecular formula is C36H29NO8.